The van der Waals surface area contributed by atoms with Gasteiger partial charge >= 0.3 is 0 Å². The molecule has 3 rings (SSSR count). The molecule has 2 aromatic heterocycles. The van der Waals surface area contributed by atoms with Gasteiger partial charge in [0.15, 0.2) is 0 Å². The highest BCUT2D eigenvalue weighted by Crippen LogP contribution is 2.10. The Balaban J connectivity index is 1.69. The molecule has 0 saturated carbocycles. The van der Waals surface area contributed by atoms with Crippen molar-refractivity contribution >= 4 is 23.3 Å². The van der Waals surface area contributed by atoms with Crippen molar-refractivity contribution < 1.29 is 4.79 Å². The number of amides is 1. The molecule has 0 fully saturated rings. The van der Waals surface area contributed by atoms with Gasteiger partial charge in [-0.05, 0) is 35.8 Å². The molecule has 0 aliphatic rings. The van der Waals surface area contributed by atoms with Gasteiger partial charge in [0.05, 0.1) is 0 Å². The van der Waals surface area contributed by atoms with Crippen LogP contribution in [0.4, 0.5) is 0 Å². The zero-order valence-electron chi connectivity index (χ0n) is 13.8. The summed E-state index contributed by atoms with van der Waals surface area (Å²) in [5.41, 5.74) is 2.29. The third-order valence-corrected chi connectivity index (χ3v) is 4.51. The predicted molar refractivity (Wildman–Crippen MR) is 101 cm³/mol. The first kappa shape index (κ1) is 17.0. The van der Waals surface area contributed by atoms with Gasteiger partial charge in [-0.15, -0.1) is 11.3 Å². The van der Waals surface area contributed by atoms with Gasteiger partial charge in [-0.1, -0.05) is 30.3 Å². The fourth-order valence-corrected chi connectivity index (χ4v) is 2.98. The van der Waals surface area contributed by atoms with Crippen LogP contribution in [0.3, 0.4) is 0 Å². The largest absolute Gasteiger partial charge is 0.334 e. The van der Waals surface area contributed by atoms with E-state index in [9.17, 15) is 4.79 Å². The molecule has 5 heteroatoms. The number of nitrogens with zero attached hydrogens (tertiary/aromatic N) is 3. The van der Waals surface area contributed by atoms with Gasteiger partial charge < -0.3 is 4.90 Å². The van der Waals surface area contributed by atoms with E-state index in [1.54, 1.807) is 30.7 Å². The first-order valence-electron chi connectivity index (χ1n) is 8.10. The second-order valence-electron chi connectivity index (χ2n) is 5.55. The maximum Gasteiger partial charge on any atom is 0.246 e. The van der Waals surface area contributed by atoms with E-state index >= 15 is 0 Å². The van der Waals surface area contributed by atoms with E-state index in [0.29, 0.717) is 13.1 Å². The normalized spacial score (nSPS) is 10.9. The van der Waals surface area contributed by atoms with Gasteiger partial charge in [-0.25, -0.2) is 4.98 Å². The highest BCUT2D eigenvalue weighted by Gasteiger charge is 2.12. The van der Waals surface area contributed by atoms with Gasteiger partial charge in [0.1, 0.15) is 5.01 Å². The minimum atomic E-state index is -0.0112. The molecule has 0 atom stereocenters. The monoisotopic (exact) mass is 349 g/mol. The van der Waals surface area contributed by atoms with Gasteiger partial charge in [-0.3, -0.25) is 9.78 Å². The summed E-state index contributed by atoms with van der Waals surface area (Å²) in [6.07, 6.45) is 9.43. The molecule has 0 saturated heterocycles. The fourth-order valence-electron chi connectivity index (χ4n) is 2.45. The smallest absolute Gasteiger partial charge is 0.246 e. The van der Waals surface area contributed by atoms with Gasteiger partial charge in [0, 0.05) is 43.1 Å². The van der Waals surface area contributed by atoms with E-state index in [-0.39, 0.29) is 5.91 Å². The van der Waals surface area contributed by atoms with Gasteiger partial charge in [-0.2, -0.15) is 0 Å². The molecule has 3 aromatic rings. The van der Waals surface area contributed by atoms with Crippen molar-refractivity contribution in [1.82, 2.24) is 14.9 Å². The van der Waals surface area contributed by atoms with Crippen LogP contribution >= 0.6 is 11.3 Å². The van der Waals surface area contributed by atoms with Crippen molar-refractivity contribution in [3.63, 3.8) is 0 Å². The van der Waals surface area contributed by atoms with E-state index in [0.717, 1.165) is 17.0 Å². The Kier molecular flexibility index (Phi) is 6.06. The lowest BCUT2D eigenvalue weighted by atomic mass is 10.1. The minimum absolute atomic E-state index is 0.0112. The number of benzene rings is 1. The minimum Gasteiger partial charge on any atom is -0.334 e. The van der Waals surface area contributed by atoms with Crippen LogP contribution < -0.4 is 0 Å². The Hall–Kier alpha value is -2.79. The average molecular weight is 349 g/mol. The number of hydrogen-bond acceptors (Lipinski definition) is 4. The number of carbonyl (C=O) groups excluding carboxylic acids is 1. The van der Waals surface area contributed by atoms with E-state index in [4.69, 9.17) is 0 Å². The van der Waals surface area contributed by atoms with Crippen LogP contribution in [0.5, 0.6) is 0 Å². The van der Waals surface area contributed by atoms with Crippen LogP contribution in [-0.2, 0) is 17.8 Å². The zero-order valence-corrected chi connectivity index (χ0v) is 14.6. The summed E-state index contributed by atoms with van der Waals surface area (Å²) < 4.78 is 0. The molecule has 0 bridgehead atoms. The quantitative estimate of drug-likeness (QED) is 0.609. The van der Waals surface area contributed by atoms with Crippen molar-refractivity contribution in [3.05, 3.63) is 88.6 Å². The molecule has 4 nitrogen and oxygen atoms in total. The van der Waals surface area contributed by atoms with Crippen molar-refractivity contribution in [2.75, 3.05) is 6.54 Å². The topological polar surface area (TPSA) is 46.1 Å². The molecule has 1 amide bonds. The number of rotatable bonds is 7. The lowest BCUT2D eigenvalue weighted by molar-refractivity contribution is -0.126. The van der Waals surface area contributed by atoms with Crippen LogP contribution in [0, 0.1) is 0 Å². The lowest BCUT2D eigenvalue weighted by Crippen LogP contribution is -2.31. The molecule has 0 radical (unpaired) electrons. The summed E-state index contributed by atoms with van der Waals surface area (Å²) in [6, 6.07) is 14.1. The molecule has 0 aliphatic carbocycles. The van der Waals surface area contributed by atoms with E-state index in [2.05, 4.69) is 22.1 Å². The SMILES string of the molecule is O=C(C=Cc1nccs1)N(CCc1ccccc1)Cc1ccncc1. The maximum absolute atomic E-state index is 12.7. The standard InChI is InChI=1S/C20H19N3OS/c24-20(7-6-19-22-13-15-25-19)23(16-18-8-11-21-12-9-18)14-10-17-4-2-1-3-5-17/h1-9,11-13,15H,10,14,16H2. The molecule has 0 aliphatic heterocycles. The van der Waals surface area contributed by atoms with Gasteiger partial charge in [0.25, 0.3) is 0 Å². The Morgan fingerprint density at radius 2 is 1.84 bits per heavy atom. The van der Waals surface area contributed by atoms with Gasteiger partial charge in [0.2, 0.25) is 5.91 Å². The molecule has 25 heavy (non-hydrogen) atoms. The van der Waals surface area contributed by atoms with Crippen LogP contribution in [0.2, 0.25) is 0 Å². The van der Waals surface area contributed by atoms with Crippen LogP contribution in [-0.4, -0.2) is 27.3 Å². The third kappa shape index (κ3) is 5.36. The lowest BCUT2D eigenvalue weighted by Gasteiger charge is -2.21. The molecular formula is C20H19N3OS. The second-order valence-corrected chi connectivity index (χ2v) is 6.48. The van der Waals surface area contributed by atoms with Crippen LogP contribution in [0.15, 0.2) is 72.5 Å². The second kappa shape index (κ2) is 8.89. The zero-order chi connectivity index (χ0) is 17.3. The number of thiazole rings is 1. The van der Waals surface area contributed by atoms with E-state index in [1.807, 2.05) is 40.6 Å². The van der Waals surface area contributed by atoms with Crippen molar-refractivity contribution in [3.8, 4) is 0 Å². The fraction of sp³-hybridized carbons (Fsp3) is 0.150. The number of aromatic nitrogens is 2. The average Bonchev–Trinajstić information content (AvgIpc) is 3.18. The van der Waals surface area contributed by atoms with Crippen LogP contribution in [0.25, 0.3) is 6.08 Å². The Labute approximate surface area is 151 Å². The van der Waals surface area contributed by atoms with Crippen molar-refractivity contribution in [2.24, 2.45) is 0 Å². The highest BCUT2D eigenvalue weighted by atomic mass is 32.1. The Morgan fingerprint density at radius 3 is 2.56 bits per heavy atom. The summed E-state index contributed by atoms with van der Waals surface area (Å²) in [6.45, 7) is 1.23. The summed E-state index contributed by atoms with van der Waals surface area (Å²) >= 11 is 1.51. The Morgan fingerprint density at radius 1 is 1.04 bits per heavy atom. The van der Waals surface area contributed by atoms with Crippen molar-refractivity contribution in [2.45, 2.75) is 13.0 Å². The summed E-state index contributed by atoms with van der Waals surface area (Å²) in [4.78, 5) is 22.7. The third-order valence-electron chi connectivity index (χ3n) is 3.77. The number of hydrogen-bond donors (Lipinski definition) is 0. The summed E-state index contributed by atoms with van der Waals surface area (Å²) in [5.74, 6) is -0.0112. The van der Waals surface area contributed by atoms with Crippen LogP contribution in [0.1, 0.15) is 16.1 Å². The first-order valence-corrected chi connectivity index (χ1v) is 8.98. The van der Waals surface area contributed by atoms with E-state index < -0.39 is 0 Å². The molecule has 0 unspecified atom stereocenters. The molecule has 2 heterocycles. The molecule has 126 valence electrons. The molecule has 0 spiro atoms. The molecule has 1 aromatic carbocycles. The van der Waals surface area contributed by atoms with E-state index in [1.165, 1.54) is 16.9 Å². The summed E-state index contributed by atoms with van der Waals surface area (Å²) in [5, 5.41) is 2.73. The molecular weight excluding hydrogens is 330 g/mol. The highest BCUT2D eigenvalue weighted by molar-refractivity contribution is 7.10. The summed E-state index contributed by atoms with van der Waals surface area (Å²) in [7, 11) is 0. The first-order chi connectivity index (χ1) is 12.3. The maximum atomic E-state index is 12.7. The van der Waals surface area contributed by atoms with Crippen molar-refractivity contribution in [1.29, 1.82) is 0 Å². The predicted octanol–water partition coefficient (Wildman–Crippen LogP) is 3.82. The number of pyridine rings is 1. The Bertz CT molecular complexity index is 801. The molecule has 0 N–H and O–H groups in total. The number of carbonyl (C=O) groups is 1.